The molecule has 0 aliphatic carbocycles. The van der Waals surface area contributed by atoms with E-state index in [4.69, 9.17) is 4.98 Å². The summed E-state index contributed by atoms with van der Waals surface area (Å²) in [6, 6.07) is 4.41. The lowest BCUT2D eigenvalue weighted by atomic mass is 10.1. The normalized spacial score (nSPS) is 12.0. The Bertz CT molecular complexity index is 630. The highest BCUT2D eigenvalue weighted by atomic mass is 79.9. The molecule has 114 valence electrons. The number of benzene rings is 1. The zero-order valence-electron chi connectivity index (χ0n) is 13.6. The van der Waals surface area contributed by atoms with Gasteiger partial charge in [0.15, 0.2) is 0 Å². The van der Waals surface area contributed by atoms with Crippen molar-refractivity contribution >= 4 is 27.3 Å². The van der Waals surface area contributed by atoms with Crippen LogP contribution in [0.15, 0.2) is 16.6 Å². The summed E-state index contributed by atoms with van der Waals surface area (Å²) in [5.41, 5.74) is 4.98. The maximum Gasteiger partial charge on any atom is 0.123 e. The summed E-state index contributed by atoms with van der Waals surface area (Å²) in [6.45, 7) is 13.8. The highest BCUT2D eigenvalue weighted by Gasteiger charge is 2.14. The quantitative estimate of drug-likeness (QED) is 0.787. The Morgan fingerprint density at radius 3 is 2.24 bits per heavy atom. The molecule has 0 aliphatic rings. The molecule has 0 bridgehead atoms. The Labute approximate surface area is 140 Å². The molecule has 21 heavy (non-hydrogen) atoms. The van der Waals surface area contributed by atoms with Crippen LogP contribution in [0.2, 0.25) is 0 Å². The van der Waals surface area contributed by atoms with E-state index in [0.717, 1.165) is 17.2 Å². The number of rotatable bonds is 3. The second-order valence-electron chi connectivity index (χ2n) is 6.56. The number of aromatic nitrogens is 1. The molecule has 2 aromatic rings. The third-order valence-corrected chi connectivity index (χ3v) is 5.81. The molecule has 0 saturated carbocycles. The molecule has 0 saturated heterocycles. The number of nitrogens with zero attached hydrogens (tertiary/aromatic N) is 1. The van der Waals surface area contributed by atoms with E-state index in [0.29, 0.717) is 0 Å². The number of hydrogen-bond acceptors (Lipinski definition) is 3. The maximum absolute atomic E-state index is 4.76. The van der Waals surface area contributed by atoms with Gasteiger partial charge in [0.1, 0.15) is 5.01 Å². The van der Waals surface area contributed by atoms with Gasteiger partial charge < -0.3 is 5.32 Å². The minimum atomic E-state index is 0.126. The van der Waals surface area contributed by atoms with Crippen molar-refractivity contribution in [1.29, 1.82) is 0 Å². The molecular weight excluding hydrogens is 344 g/mol. The molecule has 0 fully saturated rings. The average molecular weight is 367 g/mol. The molecule has 0 amide bonds. The smallest absolute Gasteiger partial charge is 0.123 e. The standard InChI is InChI=1S/C17H23BrN2S/c1-10-7-13(8-11(2)15(10)18)16-20-12(3)14(21-16)9-19-17(4,5)6/h7-8,19H,9H2,1-6H3. The monoisotopic (exact) mass is 366 g/mol. The number of nitrogens with one attached hydrogen (secondary N) is 1. The third-order valence-electron chi connectivity index (χ3n) is 3.36. The molecular formula is C17H23BrN2S. The number of hydrogen-bond donors (Lipinski definition) is 1. The maximum atomic E-state index is 4.76. The first-order valence-electron chi connectivity index (χ1n) is 7.16. The molecule has 4 heteroatoms. The van der Waals surface area contributed by atoms with Gasteiger partial charge >= 0.3 is 0 Å². The van der Waals surface area contributed by atoms with Gasteiger partial charge in [0.2, 0.25) is 0 Å². The Morgan fingerprint density at radius 2 is 1.71 bits per heavy atom. The van der Waals surface area contributed by atoms with Crippen LogP contribution >= 0.6 is 27.3 Å². The predicted octanol–water partition coefficient (Wildman–Crippen LogP) is 5.39. The molecule has 0 spiro atoms. The Hall–Kier alpha value is -0.710. The first kappa shape index (κ1) is 16.7. The minimum Gasteiger partial charge on any atom is -0.307 e. The van der Waals surface area contributed by atoms with Gasteiger partial charge in [-0.2, -0.15) is 0 Å². The molecule has 2 nitrogen and oxygen atoms in total. The fourth-order valence-corrected chi connectivity index (χ4v) is 3.35. The van der Waals surface area contributed by atoms with Gasteiger partial charge in [0, 0.05) is 27.0 Å². The van der Waals surface area contributed by atoms with Crippen molar-refractivity contribution in [1.82, 2.24) is 10.3 Å². The van der Waals surface area contributed by atoms with E-state index in [1.165, 1.54) is 26.0 Å². The molecule has 1 aromatic carbocycles. The highest BCUT2D eigenvalue weighted by molar-refractivity contribution is 9.10. The third kappa shape index (κ3) is 4.15. The van der Waals surface area contributed by atoms with Crippen LogP contribution in [-0.2, 0) is 6.54 Å². The molecule has 0 unspecified atom stereocenters. The van der Waals surface area contributed by atoms with Crippen molar-refractivity contribution in [3.05, 3.63) is 38.3 Å². The summed E-state index contributed by atoms with van der Waals surface area (Å²) < 4.78 is 1.19. The lowest BCUT2D eigenvalue weighted by Gasteiger charge is -2.19. The summed E-state index contributed by atoms with van der Waals surface area (Å²) in [6.07, 6.45) is 0. The minimum absolute atomic E-state index is 0.126. The van der Waals surface area contributed by atoms with Crippen LogP contribution in [0.3, 0.4) is 0 Å². The Kier molecular flexibility index (Phi) is 4.91. The van der Waals surface area contributed by atoms with E-state index in [1.807, 2.05) is 0 Å². The van der Waals surface area contributed by atoms with Gasteiger partial charge in [0.05, 0.1) is 5.69 Å². The largest absolute Gasteiger partial charge is 0.307 e. The van der Waals surface area contributed by atoms with Gasteiger partial charge in [-0.1, -0.05) is 15.9 Å². The van der Waals surface area contributed by atoms with Gasteiger partial charge in [-0.3, -0.25) is 0 Å². The zero-order chi connectivity index (χ0) is 15.8. The lowest BCUT2D eigenvalue weighted by molar-refractivity contribution is 0.425. The van der Waals surface area contributed by atoms with E-state index in [1.54, 1.807) is 11.3 Å². The first-order chi connectivity index (χ1) is 9.67. The molecule has 1 aromatic heterocycles. The Morgan fingerprint density at radius 1 is 1.14 bits per heavy atom. The SMILES string of the molecule is Cc1cc(-c2nc(C)c(CNC(C)(C)C)s2)cc(C)c1Br. The molecule has 0 aliphatic heterocycles. The topological polar surface area (TPSA) is 24.9 Å². The van der Waals surface area contributed by atoms with Crippen LogP contribution in [0.4, 0.5) is 0 Å². The Balaban J connectivity index is 2.30. The first-order valence-corrected chi connectivity index (χ1v) is 8.77. The van der Waals surface area contributed by atoms with Crippen LogP contribution in [0, 0.1) is 20.8 Å². The molecule has 0 radical (unpaired) electrons. The molecule has 0 atom stereocenters. The summed E-state index contributed by atoms with van der Waals surface area (Å²) in [4.78, 5) is 6.07. The fourth-order valence-electron chi connectivity index (χ4n) is 2.13. The van der Waals surface area contributed by atoms with Crippen molar-refractivity contribution in [3.63, 3.8) is 0 Å². The fraction of sp³-hybridized carbons (Fsp3) is 0.471. The van der Waals surface area contributed by atoms with E-state index in [-0.39, 0.29) is 5.54 Å². The average Bonchev–Trinajstić information content (AvgIpc) is 2.73. The van der Waals surface area contributed by atoms with Gasteiger partial charge in [-0.25, -0.2) is 4.98 Å². The van der Waals surface area contributed by atoms with Crippen LogP contribution in [-0.4, -0.2) is 10.5 Å². The summed E-state index contributed by atoms with van der Waals surface area (Å²) in [7, 11) is 0. The van der Waals surface area contributed by atoms with Crippen molar-refractivity contribution in [2.75, 3.05) is 0 Å². The van der Waals surface area contributed by atoms with Crippen LogP contribution < -0.4 is 5.32 Å². The van der Waals surface area contributed by atoms with Gasteiger partial charge in [0.25, 0.3) is 0 Å². The van der Waals surface area contributed by atoms with Gasteiger partial charge in [-0.15, -0.1) is 11.3 Å². The zero-order valence-corrected chi connectivity index (χ0v) is 16.0. The number of thiazole rings is 1. The van der Waals surface area contributed by atoms with Crippen molar-refractivity contribution in [2.24, 2.45) is 0 Å². The van der Waals surface area contributed by atoms with E-state index < -0.39 is 0 Å². The van der Waals surface area contributed by atoms with Crippen LogP contribution in [0.25, 0.3) is 10.6 Å². The van der Waals surface area contributed by atoms with Crippen molar-refractivity contribution < 1.29 is 0 Å². The second-order valence-corrected chi connectivity index (χ2v) is 8.43. The van der Waals surface area contributed by atoms with Gasteiger partial charge in [-0.05, 0) is 64.8 Å². The number of aryl methyl sites for hydroxylation is 3. The molecule has 1 N–H and O–H groups in total. The highest BCUT2D eigenvalue weighted by Crippen LogP contribution is 2.32. The van der Waals surface area contributed by atoms with E-state index in [9.17, 15) is 0 Å². The summed E-state index contributed by atoms with van der Waals surface area (Å²) >= 11 is 5.41. The lowest BCUT2D eigenvalue weighted by Crippen LogP contribution is -2.34. The van der Waals surface area contributed by atoms with Crippen molar-refractivity contribution in [2.45, 2.75) is 53.6 Å². The number of halogens is 1. The predicted molar refractivity (Wildman–Crippen MR) is 96.1 cm³/mol. The molecule has 2 rings (SSSR count). The van der Waals surface area contributed by atoms with Crippen LogP contribution in [0.5, 0.6) is 0 Å². The van der Waals surface area contributed by atoms with E-state index >= 15 is 0 Å². The van der Waals surface area contributed by atoms with E-state index in [2.05, 4.69) is 74.9 Å². The summed E-state index contributed by atoms with van der Waals surface area (Å²) in [5, 5.41) is 4.65. The summed E-state index contributed by atoms with van der Waals surface area (Å²) in [5.74, 6) is 0. The molecule has 1 heterocycles. The van der Waals surface area contributed by atoms with Crippen LogP contribution in [0.1, 0.15) is 42.5 Å². The second kappa shape index (κ2) is 6.19. The van der Waals surface area contributed by atoms with Crippen molar-refractivity contribution in [3.8, 4) is 10.6 Å².